The minimum atomic E-state index is -0.0605. The van der Waals surface area contributed by atoms with Gasteiger partial charge in [0, 0.05) is 30.7 Å². The Morgan fingerprint density at radius 2 is 1.81 bits per heavy atom. The molecule has 1 N–H and O–H groups in total. The Kier molecular flexibility index (Phi) is 3.36. The number of benzene rings is 1. The fourth-order valence-corrected chi connectivity index (χ4v) is 4.42. The molecule has 2 heterocycles. The van der Waals surface area contributed by atoms with Crippen LogP contribution in [0.15, 0.2) is 12.1 Å². The Morgan fingerprint density at radius 1 is 1.19 bits per heavy atom. The summed E-state index contributed by atoms with van der Waals surface area (Å²) >= 11 is 0. The molecule has 1 aromatic rings. The van der Waals surface area contributed by atoms with E-state index in [4.69, 9.17) is 0 Å². The smallest absolute Gasteiger partial charge is 0.254 e. The zero-order valence-electron chi connectivity index (χ0n) is 13.8. The molecular weight excluding hydrogens is 260 g/mol. The highest BCUT2D eigenvalue weighted by Gasteiger charge is 2.51. The van der Waals surface area contributed by atoms with Crippen LogP contribution in [-0.4, -0.2) is 36.0 Å². The van der Waals surface area contributed by atoms with Gasteiger partial charge in [0.2, 0.25) is 0 Å². The van der Waals surface area contributed by atoms with E-state index in [1.54, 1.807) is 0 Å². The van der Waals surface area contributed by atoms with E-state index in [0.29, 0.717) is 11.8 Å². The average Bonchev–Trinajstić information content (AvgIpc) is 2.90. The summed E-state index contributed by atoms with van der Waals surface area (Å²) in [7, 11) is 0. The molecule has 2 aliphatic heterocycles. The predicted octanol–water partition coefficient (Wildman–Crippen LogP) is 2.68. The van der Waals surface area contributed by atoms with Crippen molar-refractivity contribution in [3.63, 3.8) is 0 Å². The van der Waals surface area contributed by atoms with Gasteiger partial charge in [-0.05, 0) is 57.6 Å². The van der Waals surface area contributed by atoms with E-state index in [-0.39, 0.29) is 11.4 Å². The number of amides is 1. The molecular formula is C18H26N2O. The molecule has 2 aliphatic rings. The lowest BCUT2D eigenvalue weighted by atomic mass is 9.84. The van der Waals surface area contributed by atoms with Gasteiger partial charge in [0.05, 0.1) is 0 Å². The molecule has 3 nitrogen and oxygen atoms in total. The van der Waals surface area contributed by atoms with E-state index in [1.165, 1.54) is 5.56 Å². The molecule has 2 fully saturated rings. The molecule has 0 radical (unpaired) electrons. The van der Waals surface area contributed by atoms with Crippen molar-refractivity contribution >= 4 is 5.91 Å². The van der Waals surface area contributed by atoms with Gasteiger partial charge in [-0.2, -0.15) is 0 Å². The minimum Gasteiger partial charge on any atom is -0.333 e. The largest absolute Gasteiger partial charge is 0.333 e. The Labute approximate surface area is 127 Å². The maximum Gasteiger partial charge on any atom is 0.254 e. The number of aryl methyl sites for hydroxylation is 3. The lowest BCUT2D eigenvalue weighted by molar-refractivity contribution is 0.0602. The topological polar surface area (TPSA) is 32.3 Å². The van der Waals surface area contributed by atoms with Gasteiger partial charge in [-0.3, -0.25) is 4.79 Å². The number of nitrogens with zero attached hydrogens (tertiary/aromatic N) is 1. The molecule has 1 aromatic carbocycles. The summed E-state index contributed by atoms with van der Waals surface area (Å²) in [6.45, 7) is 13.6. The van der Waals surface area contributed by atoms with Crippen LogP contribution in [0.2, 0.25) is 0 Å². The summed E-state index contributed by atoms with van der Waals surface area (Å²) in [6, 6.07) is 4.23. The van der Waals surface area contributed by atoms with Gasteiger partial charge in [-0.15, -0.1) is 0 Å². The zero-order valence-corrected chi connectivity index (χ0v) is 13.8. The number of hydrogen-bond donors (Lipinski definition) is 1. The second kappa shape index (κ2) is 4.84. The standard InChI is InChI=1S/C18H26N2O/c1-11-6-12(2)16(13(3)7-11)17(21)20-10-14-8-19-9-15(14)18(20,4)5/h6-7,14-15,19H,8-10H2,1-5H3. The molecule has 3 rings (SSSR count). The molecule has 0 aromatic heterocycles. The van der Waals surface area contributed by atoms with E-state index in [0.717, 1.165) is 36.3 Å². The quantitative estimate of drug-likeness (QED) is 0.861. The second-order valence-electron chi connectivity index (χ2n) is 7.37. The van der Waals surface area contributed by atoms with E-state index in [1.807, 2.05) is 0 Å². The van der Waals surface area contributed by atoms with Gasteiger partial charge in [0.1, 0.15) is 0 Å². The van der Waals surface area contributed by atoms with Crippen LogP contribution in [0.5, 0.6) is 0 Å². The molecule has 3 heteroatoms. The van der Waals surface area contributed by atoms with E-state index >= 15 is 0 Å². The van der Waals surface area contributed by atoms with Gasteiger partial charge in [-0.25, -0.2) is 0 Å². The lowest BCUT2D eigenvalue weighted by Crippen LogP contribution is -2.48. The molecule has 114 valence electrons. The van der Waals surface area contributed by atoms with Crippen molar-refractivity contribution < 1.29 is 4.79 Å². The number of carbonyl (C=O) groups excluding carboxylic acids is 1. The van der Waals surface area contributed by atoms with Gasteiger partial charge in [0.15, 0.2) is 0 Å². The summed E-state index contributed by atoms with van der Waals surface area (Å²) in [5.74, 6) is 1.40. The molecule has 21 heavy (non-hydrogen) atoms. The Bertz CT molecular complexity index is 568. The third-order valence-electron chi connectivity index (χ3n) is 5.50. The predicted molar refractivity (Wildman–Crippen MR) is 85.6 cm³/mol. The monoisotopic (exact) mass is 286 g/mol. The summed E-state index contributed by atoms with van der Waals surface area (Å²) in [4.78, 5) is 15.3. The molecule has 2 atom stereocenters. The second-order valence-corrected chi connectivity index (χ2v) is 7.37. The van der Waals surface area contributed by atoms with Crippen molar-refractivity contribution in [2.24, 2.45) is 11.8 Å². The fraction of sp³-hybridized carbons (Fsp3) is 0.611. The highest BCUT2D eigenvalue weighted by molar-refractivity contribution is 5.98. The number of rotatable bonds is 1. The van der Waals surface area contributed by atoms with Crippen LogP contribution < -0.4 is 5.32 Å². The lowest BCUT2D eigenvalue weighted by Gasteiger charge is -2.36. The van der Waals surface area contributed by atoms with Crippen LogP contribution in [0.4, 0.5) is 0 Å². The van der Waals surface area contributed by atoms with Gasteiger partial charge >= 0.3 is 0 Å². The molecule has 2 unspecified atom stereocenters. The number of likely N-dealkylation sites (tertiary alicyclic amines) is 1. The third-order valence-corrected chi connectivity index (χ3v) is 5.50. The van der Waals surface area contributed by atoms with E-state index < -0.39 is 0 Å². The van der Waals surface area contributed by atoms with Crippen molar-refractivity contribution in [2.75, 3.05) is 19.6 Å². The summed E-state index contributed by atoms with van der Waals surface area (Å²) in [5.41, 5.74) is 4.27. The van der Waals surface area contributed by atoms with Crippen molar-refractivity contribution in [1.82, 2.24) is 10.2 Å². The zero-order chi connectivity index (χ0) is 15.4. The van der Waals surface area contributed by atoms with Crippen molar-refractivity contribution in [2.45, 2.75) is 40.2 Å². The van der Waals surface area contributed by atoms with Crippen molar-refractivity contribution in [3.8, 4) is 0 Å². The summed E-state index contributed by atoms with van der Waals surface area (Å²) in [6.07, 6.45) is 0. The molecule has 0 aliphatic carbocycles. The number of fused-ring (bicyclic) bond motifs is 1. The first-order valence-electron chi connectivity index (χ1n) is 7.93. The first-order valence-corrected chi connectivity index (χ1v) is 7.93. The van der Waals surface area contributed by atoms with Gasteiger partial charge in [0.25, 0.3) is 5.91 Å². The number of carbonyl (C=O) groups is 1. The number of nitrogens with one attached hydrogen (secondary N) is 1. The van der Waals surface area contributed by atoms with Gasteiger partial charge in [-0.1, -0.05) is 17.7 Å². The van der Waals surface area contributed by atoms with Crippen LogP contribution in [0.25, 0.3) is 0 Å². The first-order chi connectivity index (χ1) is 9.82. The van der Waals surface area contributed by atoms with Crippen LogP contribution in [0.3, 0.4) is 0 Å². The van der Waals surface area contributed by atoms with Crippen LogP contribution in [0, 0.1) is 32.6 Å². The average molecular weight is 286 g/mol. The highest BCUT2D eigenvalue weighted by Crippen LogP contribution is 2.41. The SMILES string of the molecule is Cc1cc(C)c(C(=O)N2CC3CNCC3C2(C)C)c(C)c1. The van der Waals surface area contributed by atoms with Crippen molar-refractivity contribution in [1.29, 1.82) is 0 Å². The summed E-state index contributed by atoms with van der Waals surface area (Å²) in [5, 5.41) is 3.47. The molecule has 1 amide bonds. The third kappa shape index (κ3) is 2.18. The van der Waals surface area contributed by atoms with Crippen LogP contribution in [-0.2, 0) is 0 Å². The minimum absolute atomic E-state index is 0.0605. The number of hydrogen-bond acceptors (Lipinski definition) is 2. The fourth-order valence-electron chi connectivity index (χ4n) is 4.42. The Hall–Kier alpha value is -1.35. The Morgan fingerprint density at radius 3 is 2.38 bits per heavy atom. The molecule has 0 spiro atoms. The van der Waals surface area contributed by atoms with E-state index in [9.17, 15) is 4.79 Å². The van der Waals surface area contributed by atoms with Gasteiger partial charge < -0.3 is 10.2 Å². The normalized spacial score (nSPS) is 27.0. The highest BCUT2D eigenvalue weighted by atomic mass is 16.2. The van der Waals surface area contributed by atoms with E-state index in [2.05, 4.69) is 57.0 Å². The Balaban J connectivity index is 1.97. The molecule has 0 saturated carbocycles. The van der Waals surface area contributed by atoms with Crippen LogP contribution in [0.1, 0.15) is 40.9 Å². The maximum absolute atomic E-state index is 13.2. The first kappa shape index (κ1) is 14.6. The maximum atomic E-state index is 13.2. The summed E-state index contributed by atoms with van der Waals surface area (Å²) < 4.78 is 0. The van der Waals surface area contributed by atoms with Crippen molar-refractivity contribution in [3.05, 3.63) is 34.4 Å². The van der Waals surface area contributed by atoms with Crippen LogP contribution >= 0.6 is 0 Å². The molecule has 2 saturated heterocycles. The molecule has 0 bridgehead atoms.